The van der Waals surface area contributed by atoms with E-state index in [1.807, 2.05) is 19.1 Å². The minimum Gasteiger partial charge on any atom is -0.481 e. The largest absolute Gasteiger partial charge is 0.481 e. The number of nitrogens with zero attached hydrogens (tertiary/aromatic N) is 4. The van der Waals surface area contributed by atoms with Gasteiger partial charge < -0.3 is 5.11 Å². The highest BCUT2D eigenvalue weighted by atomic mass is 32.2. The molecule has 0 fully saturated rings. The lowest BCUT2D eigenvalue weighted by atomic mass is 10.00. The average Bonchev–Trinajstić information content (AvgIpc) is 3.10. The van der Waals surface area contributed by atoms with Crippen molar-refractivity contribution in [3.63, 3.8) is 0 Å². The molecule has 0 amide bonds. The fourth-order valence-corrected chi connectivity index (χ4v) is 3.90. The Labute approximate surface area is 126 Å². The highest BCUT2D eigenvalue weighted by Gasteiger charge is 2.31. The summed E-state index contributed by atoms with van der Waals surface area (Å²) in [6.07, 6.45) is 0.724. The second-order valence-corrected chi connectivity index (χ2v) is 6.10. The Morgan fingerprint density at radius 2 is 2.33 bits per heavy atom. The van der Waals surface area contributed by atoms with Crippen LogP contribution in [0.1, 0.15) is 43.1 Å². The second-order valence-electron chi connectivity index (χ2n) is 5.04. The first-order valence-electron chi connectivity index (χ1n) is 6.92. The van der Waals surface area contributed by atoms with E-state index in [1.54, 1.807) is 16.4 Å². The number of hydrogen-bond donors (Lipinski definition) is 1. The molecule has 1 aromatic carbocycles. The molecule has 1 aromatic heterocycles. The highest BCUT2D eigenvalue weighted by Crippen LogP contribution is 2.42. The SMILES string of the molecule is CCC(CC(=O)O)n1nnnc1C1CSc2ccccc21. The first-order valence-corrected chi connectivity index (χ1v) is 7.90. The summed E-state index contributed by atoms with van der Waals surface area (Å²) < 4.78 is 1.70. The van der Waals surface area contributed by atoms with Gasteiger partial charge in [-0.15, -0.1) is 16.9 Å². The van der Waals surface area contributed by atoms with Gasteiger partial charge in [-0.2, -0.15) is 0 Å². The van der Waals surface area contributed by atoms with E-state index in [9.17, 15) is 4.79 Å². The van der Waals surface area contributed by atoms with Gasteiger partial charge in [-0.1, -0.05) is 25.1 Å². The third-order valence-electron chi connectivity index (χ3n) is 3.76. The maximum absolute atomic E-state index is 11.0. The Hall–Kier alpha value is -1.89. The molecule has 1 N–H and O–H groups in total. The molecule has 1 aliphatic rings. The summed E-state index contributed by atoms with van der Waals surface area (Å²) in [5.74, 6) is 0.956. The zero-order valence-electron chi connectivity index (χ0n) is 11.6. The molecule has 2 atom stereocenters. The molecule has 110 valence electrons. The van der Waals surface area contributed by atoms with Gasteiger partial charge in [0.2, 0.25) is 0 Å². The molecule has 2 unspecified atom stereocenters. The summed E-state index contributed by atoms with van der Waals surface area (Å²) in [5.41, 5.74) is 1.23. The van der Waals surface area contributed by atoms with Crippen molar-refractivity contribution in [3.8, 4) is 0 Å². The van der Waals surface area contributed by atoms with Gasteiger partial charge in [0.05, 0.1) is 18.4 Å². The fourth-order valence-electron chi connectivity index (χ4n) is 2.67. The summed E-state index contributed by atoms with van der Waals surface area (Å²) >= 11 is 1.79. The zero-order chi connectivity index (χ0) is 14.8. The lowest BCUT2D eigenvalue weighted by molar-refractivity contribution is -0.138. The molecular formula is C14H16N4O2S. The van der Waals surface area contributed by atoms with Gasteiger partial charge in [-0.3, -0.25) is 4.79 Å². The predicted octanol–water partition coefficient (Wildman–Crippen LogP) is 2.34. The standard InChI is InChI=1S/C14H16N4O2S/c1-2-9(7-13(19)20)18-14(15-16-17-18)11-8-21-12-6-4-3-5-10(11)12/h3-6,9,11H,2,7-8H2,1H3,(H,19,20). The van der Waals surface area contributed by atoms with Crippen LogP contribution in [0.4, 0.5) is 0 Å². The maximum Gasteiger partial charge on any atom is 0.305 e. The smallest absolute Gasteiger partial charge is 0.305 e. The first kappa shape index (κ1) is 14.1. The zero-order valence-corrected chi connectivity index (χ0v) is 12.5. The van der Waals surface area contributed by atoms with Crippen LogP contribution in [-0.4, -0.2) is 37.0 Å². The van der Waals surface area contributed by atoms with E-state index < -0.39 is 5.97 Å². The number of carboxylic acid groups (broad SMARTS) is 1. The van der Waals surface area contributed by atoms with Crippen LogP contribution >= 0.6 is 11.8 Å². The quantitative estimate of drug-likeness (QED) is 0.913. The molecule has 0 spiro atoms. The molecule has 0 radical (unpaired) electrons. The molecule has 0 saturated heterocycles. The Morgan fingerprint density at radius 3 is 3.10 bits per heavy atom. The van der Waals surface area contributed by atoms with E-state index in [0.717, 1.165) is 11.6 Å². The van der Waals surface area contributed by atoms with Crippen molar-refractivity contribution in [2.45, 2.75) is 36.6 Å². The molecule has 0 aliphatic carbocycles. The van der Waals surface area contributed by atoms with Crippen molar-refractivity contribution in [2.24, 2.45) is 0 Å². The predicted molar refractivity (Wildman–Crippen MR) is 78.4 cm³/mol. The summed E-state index contributed by atoms with van der Waals surface area (Å²) in [6.45, 7) is 1.95. The maximum atomic E-state index is 11.0. The Bertz CT molecular complexity index is 658. The lowest BCUT2D eigenvalue weighted by Gasteiger charge is -2.17. The van der Waals surface area contributed by atoms with Crippen LogP contribution in [-0.2, 0) is 4.79 Å². The summed E-state index contributed by atoms with van der Waals surface area (Å²) in [5, 5.41) is 21.0. The molecule has 0 saturated carbocycles. The lowest BCUT2D eigenvalue weighted by Crippen LogP contribution is -2.19. The number of benzene rings is 1. The van der Waals surface area contributed by atoms with Gasteiger partial charge in [0, 0.05) is 10.6 Å². The van der Waals surface area contributed by atoms with Crippen molar-refractivity contribution in [2.75, 3.05) is 5.75 Å². The van der Waals surface area contributed by atoms with E-state index in [2.05, 4.69) is 27.7 Å². The van der Waals surface area contributed by atoms with Crippen molar-refractivity contribution in [1.82, 2.24) is 20.2 Å². The van der Waals surface area contributed by atoms with Crippen molar-refractivity contribution >= 4 is 17.7 Å². The van der Waals surface area contributed by atoms with Gasteiger partial charge in [-0.05, 0) is 28.5 Å². The molecule has 1 aliphatic heterocycles. The first-order chi connectivity index (χ1) is 10.2. The van der Waals surface area contributed by atoms with Crippen molar-refractivity contribution in [3.05, 3.63) is 35.7 Å². The summed E-state index contributed by atoms with van der Waals surface area (Å²) in [4.78, 5) is 12.3. The van der Waals surface area contributed by atoms with Gasteiger partial charge in [0.15, 0.2) is 5.82 Å². The number of tetrazole rings is 1. The van der Waals surface area contributed by atoms with Crippen LogP contribution < -0.4 is 0 Å². The van der Waals surface area contributed by atoms with Crippen LogP contribution in [0.5, 0.6) is 0 Å². The van der Waals surface area contributed by atoms with Gasteiger partial charge in [-0.25, -0.2) is 4.68 Å². The molecule has 6 nitrogen and oxygen atoms in total. The van der Waals surface area contributed by atoms with Crippen LogP contribution in [0.3, 0.4) is 0 Å². The Morgan fingerprint density at radius 1 is 1.52 bits per heavy atom. The second kappa shape index (κ2) is 5.85. The number of carbonyl (C=O) groups is 1. The van der Waals surface area contributed by atoms with Crippen molar-refractivity contribution < 1.29 is 9.90 Å². The van der Waals surface area contributed by atoms with E-state index in [-0.39, 0.29) is 18.4 Å². The Kier molecular flexibility index (Phi) is 3.92. The molecule has 21 heavy (non-hydrogen) atoms. The van der Waals surface area contributed by atoms with Crippen LogP contribution in [0.15, 0.2) is 29.2 Å². The van der Waals surface area contributed by atoms with Gasteiger partial charge >= 0.3 is 5.97 Å². The topological polar surface area (TPSA) is 80.9 Å². The number of hydrogen-bond acceptors (Lipinski definition) is 5. The molecule has 3 rings (SSSR count). The normalized spacial score (nSPS) is 18.4. The average molecular weight is 304 g/mol. The third kappa shape index (κ3) is 2.65. The monoisotopic (exact) mass is 304 g/mol. The fraction of sp³-hybridized carbons (Fsp3) is 0.429. The van der Waals surface area contributed by atoms with E-state index in [4.69, 9.17) is 5.11 Å². The van der Waals surface area contributed by atoms with Crippen LogP contribution in [0, 0.1) is 0 Å². The van der Waals surface area contributed by atoms with Crippen LogP contribution in [0.2, 0.25) is 0 Å². The Balaban J connectivity index is 1.95. The number of fused-ring (bicyclic) bond motifs is 1. The number of aliphatic carboxylic acids is 1. The number of aromatic nitrogens is 4. The number of carboxylic acids is 1. The minimum atomic E-state index is -0.829. The molecule has 7 heteroatoms. The summed E-state index contributed by atoms with van der Waals surface area (Å²) in [7, 11) is 0. The number of thioether (sulfide) groups is 1. The van der Waals surface area contributed by atoms with Gasteiger partial charge in [0.1, 0.15) is 0 Å². The van der Waals surface area contributed by atoms with Crippen LogP contribution in [0.25, 0.3) is 0 Å². The summed E-state index contributed by atoms with van der Waals surface area (Å²) in [6, 6.07) is 8.03. The third-order valence-corrected chi connectivity index (χ3v) is 4.94. The molecular weight excluding hydrogens is 288 g/mol. The highest BCUT2D eigenvalue weighted by molar-refractivity contribution is 7.99. The van der Waals surface area contributed by atoms with E-state index in [0.29, 0.717) is 6.42 Å². The minimum absolute atomic E-state index is 0.0377. The molecule has 2 aromatic rings. The number of rotatable bonds is 5. The van der Waals surface area contributed by atoms with Crippen molar-refractivity contribution in [1.29, 1.82) is 0 Å². The van der Waals surface area contributed by atoms with E-state index in [1.165, 1.54) is 10.5 Å². The molecule has 2 heterocycles. The van der Waals surface area contributed by atoms with Gasteiger partial charge in [0.25, 0.3) is 0 Å². The molecule has 0 bridgehead atoms. The van der Waals surface area contributed by atoms with E-state index >= 15 is 0 Å².